The van der Waals surface area contributed by atoms with Crippen molar-refractivity contribution in [1.29, 1.82) is 0 Å². The van der Waals surface area contributed by atoms with Crippen molar-refractivity contribution in [2.24, 2.45) is 0 Å². The summed E-state index contributed by atoms with van der Waals surface area (Å²) in [6, 6.07) is 20.3. The summed E-state index contributed by atoms with van der Waals surface area (Å²) in [6.07, 6.45) is 0. The largest absolute Gasteiger partial charge is 0.336 e. The molecule has 2 N–H and O–H groups in total. The lowest BCUT2D eigenvalue weighted by atomic mass is 10.1. The minimum Gasteiger partial charge on any atom is -0.336 e. The standard InChI is InChI=1S/C27H27FN4O3/c1-19-7-6-8-20(17-19)29-26(34)22-10-3-5-12-24(22)30-25(33)18-31-13-15-32(16-14-31)27(35)21-9-2-4-11-23(21)28/h2-12,17H,13-16,18H2,1H3,(H,29,34)(H,30,33). The van der Waals surface area contributed by atoms with Crippen molar-refractivity contribution in [3.63, 3.8) is 0 Å². The fraction of sp³-hybridized carbons (Fsp3) is 0.222. The molecule has 8 heteroatoms. The van der Waals surface area contributed by atoms with Gasteiger partial charge in [-0.15, -0.1) is 0 Å². The van der Waals surface area contributed by atoms with Gasteiger partial charge in [0.25, 0.3) is 11.8 Å². The molecule has 3 aromatic rings. The highest BCUT2D eigenvalue weighted by Gasteiger charge is 2.25. The number of benzene rings is 3. The fourth-order valence-corrected chi connectivity index (χ4v) is 4.02. The zero-order chi connectivity index (χ0) is 24.8. The van der Waals surface area contributed by atoms with Crippen LogP contribution in [0.4, 0.5) is 15.8 Å². The van der Waals surface area contributed by atoms with Gasteiger partial charge < -0.3 is 15.5 Å². The smallest absolute Gasteiger partial charge is 0.257 e. The molecule has 0 atom stereocenters. The molecule has 180 valence electrons. The van der Waals surface area contributed by atoms with Crippen LogP contribution in [0.15, 0.2) is 72.8 Å². The summed E-state index contributed by atoms with van der Waals surface area (Å²) in [5.74, 6) is -1.45. The summed E-state index contributed by atoms with van der Waals surface area (Å²) < 4.78 is 13.9. The van der Waals surface area contributed by atoms with Crippen LogP contribution in [0.5, 0.6) is 0 Å². The SMILES string of the molecule is Cc1cccc(NC(=O)c2ccccc2NC(=O)CN2CCN(C(=O)c3ccccc3F)CC2)c1. The monoisotopic (exact) mass is 474 g/mol. The molecule has 35 heavy (non-hydrogen) atoms. The van der Waals surface area contributed by atoms with Crippen LogP contribution < -0.4 is 10.6 Å². The number of carbonyl (C=O) groups is 3. The Morgan fingerprint density at radius 1 is 0.829 bits per heavy atom. The van der Waals surface area contributed by atoms with Crippen molar-refractivity contribution in [2.75, 3.05) is 43.4 Å². The third-order valence-electron chi connectivity index (χ3n) is 5.85. The number of para-hydroxylation sites is 1. The molecule has 0 aromatic heterocycles. The summed E-state index contributed by atoms with van der Waals surface area (Å²) in [5, 5.41) is 5.69. The van der Waals surface area contributed by atoms with E-state index in [1.54, 1.807) is 41.3 Å². The van der Waals surface area contributed by atoms with Gasteiger partial charge >= 0.3 is 0 Å². The first-order chi connectivity index (χ1) is 16.9. The zero-order valence-electron chi connectivity index (χ0n) is 19.5. The number of carbonyl (C=O) groups excluding carboxylic acids is 3. The molecule has 0 aliphatic carbocycles. The lowest BCUT2D eigenvalue weighted by molar-refractivity contribution is -0.117. The number of hydrogen-bond donors (Lipinski definition) is 2. The van der Waals surface area contributed by atoms with Crippen LogP contribution in [-0.4, -0.2) is 60.2 Å². The number of halogens is 1. The fourth-order valence-electron chi connectivity index (χ4n) is 4.02. The third kappa shape index (κ3) is 6.10. The number of nitrogens with zero attached hydrogens (tertiary/aromatic N) is 2. The van der Waals surface area contributed by atoms with Gasteiger partial charge in [0.05, 0.1) is 23.4 Å². The van der Waals surface area contributed by atoms with Crippen LogP contribution in [0.3, 0.4) is 0 Å². The topological polar surface area (TPSA) is 81.8 Å². The molecular formula is C27H27FN4O3. The Balaban J connectivity index is 1.32. The van der Waals surface area contributed by atoms with Crippen molar-refractivity contribution in [3.05, 3.63) is 95.3 Å². The average molecular weight is 475 g/mol. The van der Waals surface area contributed by atoms with Crippen LogP contribution in [0.2, 0.25) is 0 Å². The molecule has 0 radical (unpaired) electrons. The highest BCUT2D eigenvalue weighted by molar-refractivity contribution is 6.10. The number of aryl methyl sites for hydroxylation is 1. The van der Waals surface area contributed by atoms with Gasteiger partial charge in [0.2, 0.25) is 5.91 Å². The van der Waals surface area contributed by atoms with Gasteiger partial charge in [-0.1, -0.05) is 36.4 Å². The van der Waals surface area contributed by atoms with E-state index < -0.39 is 5.82 Å². The first-order valence-corrected chi connectivity index (χ1v) is 11.4. The van der Waals surface area contributed by atoms with E-state index in [4.69, 9.17) is 0 Å². The zero-order valence-corrected chi connectivity index (χ0v) is 19.5. The van der Waals surface area contributed by atoms with Crippen LogP contribution in [0.1, 0.15) is 26.3 Å². The van der Waals surface area contributed by atoms with E-state index in [1.165, 1.54) is 12.1 Å². The van der Waals surface area contributed by atoms with Crippen LogP contribution in [0, 0.1) is 12.7 Å². The van der Waals surface area contributed by atoms with E-state index in [-0.39, 0.29) is 29.8 Å². The predicted octanol–water partition coefficient (Wildman–Crippen LogP) is 3.78. The summed E-state index contributed by atoms with van der Waals surface area (Å²) in [5.41, 5.74) is 2.55. The number of anilines is 2. The second-order valence-corrected chi connectivity index (χ2v) is 8.47. The maximum absolute atomic E-state index is 13.9. The molecule has 1 aliphatic heterocycles. The Bertz CT molecular complexity index is 1240. The highest BCUT2D eigenvalue weighted by atomic mass is 19.1. The van der Waals surface area contributed by atoms with Gasteiger partial charge in [0, 0.05) is 31.9 Å². The molecule has 1 aliphatic rings. The molecule has 1 fully saturated rings. The quantitative estimate of drug-likeness (QED) is 0.570. The molecule has 1 heterocycles. The van der Waals surface area contributed by atoms with Gasteiger partial charge in [-0.05, 0) is 48.9 Å². The van der Waals surface area contributed by atoms with E-state index in [2.05, 4.69) is 10.6 Å². The Kier molecular flexibility index (Phi) is 7.52. The van der Waals surface area contributed by atoms with E-state index in [9.17, 15) is 18.8 Å². The van der Waals surface area contributed by atoms with Crippen LogP contribution >= 0.6 is 0 Å². The molecule has 1 saturated heterocycles. The Hall–Kier alpha value is -4.04. The van der Waals surface area contributed by atoms with Crippen molar-refractivity contribution in [1.82, 2.24) is 9.80 Å². The van der Waals surface area contributed by atoms with E-state index >= 15 is 0 Å². The van der Waals surface area contributed by atoms with E-state index in [0.29, 0.717) is 43.1 Å². The average Bonchev–Trinajstić information content (AvgIpc) is 2.84. The lowest BCUT2D eigenvalue weighted by Crippen LogP contribution is -2.50. The molecule has 3 aromatic carbocycles. The van der Waals surface area contributed by atoms with Gasteiger partial charge in [-0.3, -0.25) is 19.3 Å². The molecule has 3 amide bonds. The number of hydrogen-bond acceptors (Lipinski definition) is 4. The summed E-state index contributed by atoms with van der Waals surface area (Å²) >= 11 is 0. The molecule has 0 bridgehead atoms. The molecule has 0 unspecified atom stereocenters. The van der Waals surface area contributed by atoms with Crippen LogP contribution in [-0.2, 0) is 4.79 Å². The summed E-state index contributed by atoms with van der Waals surface area (Å²) in [4.78, 5) is 41.7. The molecule has 0 saturated carbocycles. The first-order valence-electron chi connectivity index (χ1n) is 11.4. The number of rotatable bonds is 6. The molecule has 7 nitrogen and oxygen atoms in total. The predicted molar refractivity (Wildman–Crippen MR) is 133 cm³/mol. The van der Waals surface area contributed by atoms with Crippen LogP contribution in [0.25, 0.3) is 0 Å². The van der Waals surface area contributed by atoms with E-state index in [1.807, 2.05) is 36.1 Å². The van der Waals surface area contributed by atoms with Crippen molar-refractivity contribution in [3.8, 4) is 0 Å². The van der Waals surface area contributed by atoms with Gasteiger partial charge in [-0.25, -0.2) is 4.39 Å². The van der Waals surface area contributed by atoms with Gasteiger partial charge in [-0.2, -0.15) is 0 Å². The normalized spacial score (nSPS) is 13.8. The number of amides is 3. The third-order valence-corrected chi connectivity index (χ3v) is 5.85. The Morgan fingerprint density at radius 2 is 1.51 bits per heavy atom. The van der Waals surface area contributed by atoms with E-state index in [0.717, 1.165) is 5.56 Å². The minimum absolute atomic E-state index is 0.0549. The molecule has 4 rings (SSSR count). The maximum atomic E-state index is 13.9. The summed E-state index contributed by atoms with van der Waals surface area (Å²) in [7, 11) is 0. The lowest BCUT2D eigenvalue weighted by Gasteiger charge is -2.34. The Labute approximate surface area is 203 Å². The maximum Gasteiger partial charge on any atom is 0.257 e. The second kappa shape index (κ2) is 10.9. The Morgan fingerprint density at radius 3 is 2.23 bits per heavy atom. The number of nitrogens with one attached hydrogen (secondary N) is 2. The van der Waals surface area contributed by atoms with Crippen molar-refractivity contribution >= 4 is 29.1 Å². The highest BCUT2D eigenvalue weighted by Crippen LogP contribution is 2.19. The number of piperazine rings is 1. The molecule has 0 spiro atoms. The van der Waals surface area contributed by atoms with Gasteiger partial charge in [0.15, 0.2) is 0 Å². The van der Waals surface area contributed by atoms with Gasteiger partial charge in [0.1, 0.15) is 5.82 Å². The van der Waals surface area contributed by atoms with Crippen molar-refractivity contribution in [2.45, 2.75) is 6.92 Å². The van der Waals surface area contributed by atoms with Crippen molar-refractivity contribution < 1.29 is 18.8 Å². The second-order valence-electron chi connectivity index (χ2n) is 8.47. The first kappa shape index (κ1) is 24.1. The summed E-state index contributed by atoms with van der Waals surface area (Å²) in [6.45, 7) is 3.84. The minimum atomic E-state index is -0.538. The molecular weight excluding hydrogens is 447 g/mol.